The molecule has 2 aromatic heterocycles. The van der Waals surface area contributed by atoms with Gasteiger partial charge in [0.2, 0.25) is 10.1 Å². The Bertz CT molecular complexity index is 1070. The number of hydrogen-bond acceptors (Lipinski definition) is 6. The molecule has 0 radical (unpaired) electrons. The fourth-order valence-corrected chi connectivity index (χ4v) is 4.35. The maximum absolute atomic E-state index is 12.8. The van der Waals surface area contributed by atoms with Gasteiger partial charge >= 0.3 is 0 Å². The van der Waals surface area contributed by atoms with E-state index in [1.165, 1.54) is 21.9 Å². The van der Waals surface area contributed by atoms with Gasteiger partial charge in [0.15, 0.2) is 0 Å². The van der Waals surface area contributed by atoms with Crippen LogP contribution >= 0.6 is 11.3 Å². The number of nitrogens with zero attached hydrogens (tertiary/aromatic N) is 4. The summed E-state index contributed by atoms with van der Waals surface area (Å²) in [7, 11) is 0. The molecule has 7 nitrogen and oxygen atoms in total. The number of aryl methyl sites for hydroxylation is 1. The molecule has 28 heavy (non-hydrogen) atoms. The number of rotatable bonds is 4. The maximum atomic E-state index is 12.8. The SMILES string of the molecule is Cc1cccc(CNC(=O)c2cc(=O)nc3sc(N4CCC(C)CC4)nn23)c1. The van der Waals surface area contributed by atoms with Crippen molar-refractivity contribution < 1.29 is 4.79 Å². The molecule has 1 N–H and O–H groups in total. The Labute approximate surface area is 167 Å². The van der Waals surface area contributed by atoms with Crippen LogP contribution in [0, 0.1) is 12.8 Å². The van der Waals surface area contributed by atoms with Gasteiger partial charge in [-0.25, -0.2) is 0 Å². The largest absolute Gasteiger partial charge is 0.347 e. The van der Waals surface area contributed by atoms with Gasteiger partial charge in [0.05, 0.1) is 0 Å². The topological polar surface area (TPSA) is 79.6 Å². The smallest absolute Gasteiger partial charge is 0.274 e. The molecule has 0 atom stereocenters. The lowest BCUT2D eigenvalue weighted by Crippen LogP contribution is -2.32. The summed E-state index contributed by atoms with van der Waals surface area (Å²) in [6.45, 7) is 6.52. The third-order valence-corrected chi connectivity index (χ3v) is 6.04. The van der Waals surface area contributed by atoms with Crippen molar-refractivity contribution >= 4 is 27.3 Å². The Morgan fingerprint density at radius 1 is 1.29 bits per heavy atom. The molecule has 3 heterocycles. The molecule has 146 valence electrons. The van der Waals surface area contributed by atoms with Crippen molar-refractivity contribution in [3.05, 3.63) is 57.5 Å². The summed E-state index contributed by atoms with van der Waals surface area (Å²) in [5, 5.41) is 8.28. The predicted molar refractivity (Wildman–Crippen MR) is 110 cm³/mol. The minimum Gasteiger partial charge on any atom is -0.347 e. The number of hydrogen-bond donors (Lipinski definition) is 1. The molecule has 1 aromatic carbocycles. The number of fused-ring (bicyclic) bond motifs is 1. The highest BCUT2D eigenvalue weighted by Gasteiger charge is 2.21. The van der Waals surface area contributed by atoms with E-state index in [0.717, 1.165) is 42.2 Å². The Kier molecular flexibility index (Phi) is 5.13. The third-order valence-electron chi connectivity index (χ3n) is 5.07. The van der Waals surface area contributed by atoms with E-state index >= 15 is 0 Å². The lowest BCUT2D eigenvalue weighted by molar-refractivity contribution is 0.0943. The Hall–Kier alpha value is -2.74. The zero-order chi connectivity index (χ0) is 19.7. The van der Waals surface area contributed by atoms with Gasteiger partial charge in [0, 0.05) is 25.7 Å². The van der Waals surface area contributed by atoms with Crippen LogP contribution in [0.3, 0.4) is 0 Å². The van der Waals surface area contributed by atoms with Gasteiger partial charge in [-0.2, -0.15) is 9.50 Å². The number of amides is 1. The molecule has 3 aromatic rings. The Balaban J connectivity index is 1.59. The van der Waals surface area contributed by atoms with E-state index in [1.807, 2.05) is 31.2 Å². The molecule has 0 bridgehead atoms. The minimum atomic E-state index is -0.428. The van der Waals surface area contributed by atoms with Gasteiger partial charge < -0.3 is 10.2 Å². The van der Waals surface area contributed by atoms with E-state index in [2.05, 4.69) is 27.2 Å². The van der Waals surface area contributed by atoms with E-state index < -0.39 is 5.56 Å². The number of aromatic nitrogens is 3. The molecule has 1 fully saturated rings. The molecule has 1 aliphatic heterocycles. The maximum Gasteiger partial charge on any atom is 0.274 e. The zero-order valence-electron chi connectivity index (χ0n) is 16.0. The molecular weight excluding hydrogens is 374 g/mol. The normalized spacial score (nSPS) is 15.1. The number of carbonyl (C=O) groups excluding carboxylic acids is 1. The average Bonchev–Trinajstić information content (AvgIpc) is 3.10. The summed E-state index contributed by atoms with van der Waals surface area (Å²) in [6.07, 6.45) is 2.23. The molecule has 0 spiro atoms. The van der Waals surface area contributed by atoms with Crippen LogP contribution < -0.4 is 15.8 Å². The molecule has 8 heteroatoms. The van der Waals surface area contributed by atoms with Gasteiger partial charge in [0.25, 0.3) is 11.5 Å². The van der Waals surface area contributed by atoms with Crippen molar-refractivity contribution in [2.75, 3.05) is 18.0 Å². The van der Waals surface area contributed by atoms with E-state index in [0.29, 0.717) is 17.4 Å². The van der Waals surface area contributed by atoms with Crippen LogP contribution in [-0.4, -0.2) is 33.6 Å². The van der Waals surface area contributed by atoms with E-state index in [4.69, 9.17) is 0 Å². The first-order valence-corrected chi connectivity index (χ1v) is 10.3. The van der Waals surface area contributed by atoms with Crippen molar-refractivity contribution in [1.29, 1.82) is 0 Å². The van der Waals surface area contributed by atoms with Crippen LogP contribution in [0.4, 0.5) is 5.13 Å². The minimum absolute atomic E-state index is 0.218. The third kappa shape index (κ3) is 3.91. The standard InChI is InChI=1S/C20H23N5O2S/c1-13-6-8-24(9-7-13)20-23-25-16(11-17(26)22-19(25)28-20)18(27)21-12-15-5-3-4-14(2)10-15/h3-5,10-11,13H,6-9,12H2,1-2H3,(H,21,27). The van der Waals surface area contributed by atoms with Crippen LogP contribution in [0.2, 0.25) is 0 Å². The molecular formula is C20H23N5O2S. The molecule has 1 amide bonds. The fourth-order valence-electron chi connectivity index (χ4n) is 3.39. The van der Waals surface area contributed by atoms with Crippen LogP contribution in [0.15, 0.2) is 35.1 Å². The number of anilines is 1. The zero-order valence-corrected chi connectivity index (χ0v) is 16.8. The first-order valence-electron chi connectivity index (χ1n) is 9.49. The van der Waals surface area contributed by atoms with Gasteiger partial charge in [-0.1, -0.05) is 48.1 Å². The Morgan fingerprint density at radius 2 is 2.07 bits per heavy atom. The second kappa shape index (κ2) is 7.71. The molecule has 0 unspecified atom stereocenters. The van der Waals surface area contributed by atoms with Gasteiger partial charge in [0.1, 0.15) is 5.69 Å². The molecule has 0 saturated carbocycles. The van der Waals surface area contributed by atoms with Gasteiger partial charge in [-0.3, -0.25) is 9.59 Å². The lowest BCUT2D eigenvalue weighted by atomic mass is 10.00. The van der Waals surface area contributed by atoms with Crippen molar-refractivity contribution in [2.45, 2.75) is 33.2 Å². The van der Waals surface area contributed by atoms with E-state index in [9.17, 15) is 9.59 Å². The summed E-state index contributed by atoms with van der Waals surface area (Å²) >= 11 is 1.35. The first-order chi connectivity index (χ1) is 13.5. The number of nitrogens with one attached hydrogen (secondary N) is 1. The van der Waals surface area contributed by atoms with Crippen LogP contribution in [0.25, 0.3) is 4.96 Å². The summed E-state index contributed by atoms with van der Waals surface area (Å²) < 4.78 is 1.49. The molecule has 1 saturated heterocycles. The highest BCUT2D eigenvalue weighted by atomic mass is 32.1. The van der Waals surface area contributed by atoms with E-state index in [-0.39, 0.29) is 11.6 Å². The van der Waals surface area contributed by atoms with Crippen molar-refractivity contribution in [3.8, 4) is 0 Å². The first kappa shape index (κ1) is 18.6. The highest BCUT2D eigenvalue weighted by Crippen LogP contribution is 2.27. The second-order valence-electron chi connectivity index (χ2n) is 7.40. The summed E-state index contributed by atoms with van der Waals surface area (Å²) in [5.41, 5.74) is 1.93. The summed E-state index contributed by atoms with van der Waals surface area (Å²) in [6, 6.07) is 9.20. The van der Waals surface area contributed by atoms with Crippen LogP contribution in [-0.2, 0) is 6.54 Å². The number of piperidine rings is 1. The van der Waals surface area contributed by atoms with Crippen LogP contribution in [0.5, 0.6) is 0 Å². The van der Waals surface area contributed by atoms with Crippen molar-refractivity contribution in [3.63, 3.8) is 0 Å². The molecule has 1 aliphatic rings. The molecule has 4 rings (SSSR count). The highest BCUT2D eigenvalue weighted by molar-refractivity contribution is 7.20. The molecule has 0 aliphatic carbocycles. The average molecular weight is 398 g/mol. The quantitative estimate of drug-likeness (QED) is 0.732. The number of benzene rings is 1. The van der Waals surface area contributed by atoms with Crippen LogP contribution in [0.1, 0.15) is 41.4 Å². The van der Waals surface area contributed by atoms with E-state index in [1.54, 1.807) is 0 Å². The van der Waals surface area contributed by atoms with Crippen molar-refractivity contribution in [2.24, 2.45) is 5.92 Å². The predicted octanol–water partition coefficient (Wildman–Crippen LogP) is 2.63. The van der Waals surface area contributed by atoms with Gasteiger partial charge in [-0.05, 0) is 31.2 Å². The van der Waals surface area contributed by atoms with Gasteiger partial charge in [-0.15, -0.1) is 5.10 Å². The number of carbonyl (C=O) groups is 1. The second-order valence-corrected chi connectivity index (χ2v) is 8.33. The fraction of sp³-hybridized carbons (Fsp3) is 0.400. The lowest BCUT2D eigenvalue weighted by Gasteiger charge is -2.29. The van der Waals surface area contributed by atoms with Crippen molar-refractivity contribution in [1.82, 2.24) is 19.9 Å². The Morgan fingerprint density at radius 3 is 2.82 bits per heavy atom. The summed E-state index contributed by atoms with van der Waals surface area (Å²) in [5.74, 6) is 0.382. The summed E-state index contributed by atoms with van der Waals surface area (Å²) in [4.78, 5) is 31.5. The monoisotopic (exact) mass is 397 g/mol.